The zero-order valence-electron chi connectivity index (χ0n) is 13.4. The third kappa shape index (κ3) is 2.73. The van der Waals surface area contributed by atoms with Gasteiger partial charge in [-0.15, -0.1) is 0 Å². The molecule has 1 aromatic rings. The number of pyridine rings is 1. The van der Waals surface area contributed by atoms with Crippen molar-refractivity contribution in [3.63, 3.8) is 0 Å². The fourth-order valence-electron chi connectivity index (χ4n) is 3.49. The van der Waals surface area contributed by atoms with E-state index in [1.165, 1.54) is 6.20 Å². The highest BCUT2D eigenvalue weighted by Crippen LogP contribution is 2.28. The monoisotopic (exact) mass is 306 g/mol. The lowest BCUT2D eigenvalue weighted by molar-refractivity contribution is -0.143. The van der Waals surface area contributed by atoms with E-state index >= 15 is 0 Å². The fraction of sp³-hybridized carbons (Fsp3) is 0.625. The maximum atomic E-state index is 13.8. The van der Waals surface area contributed by atoms with Gasteiger partial charge in [-0.1, -0.05) is 0 Å². The van der Waals surface area contributed by atoms with Gasteiger partial charge in [0, 0.05) is 43.5 Å². The van der Waals surface area contributed by atoms with Crippen LogP contribution in [0.3, 0.4) is 0 Å². The lowest BCUT2D eigenvalue weighted by atomic mass is 10.1. The molecule has 2 saturated heterocycles. The zero-order valence-corrected chi connectivity index (χ0v) is 13.4. The summed E-state index contributed by atoms with van der Waals surface area (Å²) >= 11 is 0. The molecular weight excluding hydrogens is 283 g/mol. The molecule has 120 valence electrons. The zero-order chi connectivity index (χ0) is 15.9. The quantitative estimate of drug-likeness (QED) is 0.834. The lowest BCUT2D eigenvalue weighted by Gasteiger charge is -2.41. The average Bonchev–Trinajstić information content (AvgIpc) is 2.91. The predicted molar refractivity (Wildman–Crippen MR) is 81.7 cm³/mol. The third-order valence-corrected chi connectivity index (χ3v) is 4.99. The molecule has 2 fully saturated rings. The Morgan fingerprint density at radius 2 is 2.18 bits per heavy atom. The molecular formula is C16H23FN4O. The summed E-state index contributed by atoms with van der Waals surface area (Å²) < 4.78 is 13.8. The summed E-state index contributed by atoms with van der Waals surface area (Å²) in [5.41, 5.74) is 0.602. The highest BCUT2D eigenvalue weighted by Gasteiger charge is 2.44. The summed E-state index contributed by atoms with van der Waals surface area (Å²) in [5, 5.41) is 0. The molecule has 2 aliphatic heterocycles. The summed E-state index contributed by atoms with van der Waals surface area (Å²) in [6.45, 7) is 3.98. The number of carbonyl (C=O) groups is 1. The van der Waals surface area contributed by atoms with Gasteiger partial charge in [0.25, 0.3) is 0 Å². The molecule has 0 saturated carbocycles. The van der Waals surface area contributed by atoms with Crippen LogP contribution in [0.25, 0.3) is 0 Å². The second kappa shape index (κ2) is 5.93. The van der Waals surface area contributed by atoms with Crippen molar-refractivity contribution in [2.45, 2.75) is 38.0 Å². The molecule has 5 nitrogen and oxygen atoms in total. The van der Waals surface area contributed by atoms with Crippen molar-refractivity contribution in [1.29, 1.82) is 0 Å². The van der Waals surface area contributed by atoms with Gasteiger partial charge in [-0.3, -0.25) is 14.7 Å². The molecule has 3 rings (SSSR count). The predicted octanol–water partition coefficient (Wildman–Crippen LogP) is 0.956. The largest absolute Gasteiger partial charge is 0.335 e. The summed E-state index contributed by atoms with van der Waals surface area (Å²) in [6, 6.07) is 2.14. The minimum Gasteiger partial charge on any atom is -0.335 e. The van der Waals surface area contributed by atoms with Crippen LogP contribution >= 0.6 is 0 Å². The standard InChI is InChI=1S/C16H23FN4O/c1-11-16(22)21-10-13(19(2)3)6-14(21)9-20(11)8-12-4-5-18-7-15(12)17/h4-5,7,11,13-14H,6,8-10H2,1-3H3/t11-,13-,14-/m0/s1. The summed E-state index contributed by atoms with van der Waals surface area (Å²) in [6.07, 6.45) is 3.81. The Bertz CT molecular complexity index is 565. The van der Waals surface area contributed by atoms with Gasteiger partial charge in [-0.05, 0) is 33.5 Å². The lowest BCUT2D eigenvalue weighted by Crippen LogP contribution is -2.58. The number of hydrogen-bond donors (Lipinski definition) is 0. The number of nitrogens with zero attached hydrogens (tertiary/aromatic N) is 4. The second-order valence-corrected chi connectivity index (χ2v) is 6.57. The first kappa shape index (κ1) is 15.4. The van der Waals surface area contributed by atoms with Crippen molar-refractivity contribution in [2.75, 3.05) is 27.2 Å². The molecule has 1 amide bonds. The molecule has 2 aliphatic rings. The topological polar surface area (TPSA) is 39.7 Å². The van der Waals surface area contributed by atoms with Gasteiger partial charge in [0.2, 0.25) is 5.91 Å². The molecule has 6 heteroatoms. The van der Waals surface area contributed by atoms with E-state index in [1.54, 1.807) is 12.3 Å². The van der Waals surface area contributed by atoms with Gasteiger partial charge in [-0.25, -0.2) is 4.39 Å². The molecule has 0 radical (unpaired) electrons. The van der Waals surface area contributed by atoms with Gasteiger partial charge < -0.3 is 9.80 Å². The van der Waals surface area contributed by atoms with Crippen molar-refractivity contribution >= 4 is 5.91 Å². The minimum atomic E-state index is -0.304. The smallest absolute Gasteiger partial charge is 0.240 e. The highest BCUT2D eigenvalue weighted by atomic mass is 19.1. The van der Waals surface area contributed by atoms with Crippen molar-refractivity contribution < 1.29 is 9.18 Å². The van der Waals surface area contributed by atoms with Gasteiger partial charge in [0.15, 0.2) is 0 Å². The van der Waals surface area contributed by atoms with E-state index in [-0.39, 0.29) is 23.8 Å². The first-order valence-electron chi connectivity index (χ1n) is 7.76. The Kier molecular flexibility index (Phi) is 4.14. The number of hydrogen-bond acceptors (Lipinski definition) is 4. The SMILES string of the molecule is C[C@H]1C(=O)N2C[C@@H](N(C)C)C[C@H]2CN1Cc1ccncc1F. The fourth-order valence-corrected chi connectivity index (χ4v) is 3.49. The van der Waals surface area contributed by atoms with Crippen LogP contribution in [0.4, 0.5) is 4.39 Å². The van der Waals surface area contributed by atoms with E-state index in [0.717, 1.165) is 19.5 Å². The number of carbonyl (C=O) groups excluding carboxylic acids is 1. The maximum absolute atomic E-state index is 13.8. The first-order chi connectivity index (χ1) is 10.5. The summed E-state index contributed by atoms with van der Waals surface area (Å²) in [4.78, 5) is 22.7. The van der Waals surface area contributed by atoms with E-state index in [1.807, 2.05) is 11.8 Å². The number of amides is 1. The number of piperazine rings is 1. The van der Waals surface area contributed by atoms with Crippen LogP contribution in [0.15, 0.2) is 18.5 Å². The van der Waals surface area contributed by atoms with Gasteiger partial charge in [0.05, 0.1) is 12.2 Å². The van der Waals surface area contributed by atoms with Gasteiger partial charge in [0.1, 0.15) is 5.82 Å². The minimum absolute atomic E-state index is 0.162. The van der Waals surface area contributed by atoms with E-state index in [2.05, 4.69) is 28.9 Å². The maximum Gasteiger partial charge on any atom is 0.240 e. The van der Waals surface area contributed by atoms with Crippen molar-refractivity contribution in [2.24, 2.45) is 0 Å². The van der Waals surface area contributed by atoms with Crippen LogP contribution in [0.5, 0.6) is 0 Å². The summed E-state index contributed by atoms with van der Waals surface area (Å²) in [7, 11) is 4.11. The van der Waals surface area contributed by atoms with Crippen LogP contribution in [0.2, 0.25) is 0 Å². The number of aromatic nitrogens is 1. The van der Waals surface area contributed by atoms with E-state index in [9.17, 15) is 9.18 Å². The highest BCUT2D eigenvalue weighted by molar-refractivity contribution is 5.83. The third-order valence-electron chi connectivity index (χ3n) is 4.99. The van der Waals surface area contributed by atoms with Gasteiger partial charge in [-0.2, -0.15) is 0 Å². The van der Waals surface area contributed by atoms with Gasteiger partial charge >= 0.3 is 0 Å². The van der Waals surface area contributed by atoms with E-state index in [0.29, 0.717) is 18.2 Å². The Morgan fingerprint density at radius 1 is 1.41 bits per heavy atom. The van der Waals surface area contributed by atoms with E-state index in [4.69, 9.17) is 0 Å². The van der Waals surface area contributed by atoms with Crippen LogP contribution < -0.4 is 0 Å². The molecule has 3 atom stereocenters. The normalized spacial score (nSPS) is 29.2. The number of likely N-dealkylation sites (N-methyl/N-ethyl adjacent to an activating group) is 1. The molecule has 0 bridgehead atoms. The van der Waals surface area contributed by atoms with Crippen LogP contribution in [0.1, 0.15) is 18.9 Å². The van der Waals surface area contributed by atoms with Crippen molar-refractivity contribution in [3.05, 3.63) is 29.8 Å². The number of halogens is 1. The molecule has 0 aromatic carbocycles. The molecule has 1 aromatic heterocycles. The Morgan fingerprint density at radius 3 is 2.86 bits per heavy atom. The Hall–Kier alpha value is -1.53. The molecule has 0 unspecified atom stereocenters. The van der Waals surface area contributed by atoms with Crippen molar-refractivity contribution in [1.82, 2.24) is 19.7 Å². The molecule has 0 aliphatic carbocycles. The van der Waals surface area contributed by atoms with Crippen LogP contribution in [0, 0.1) is 5.82 Å². The van der Waals surface area contributed by atoms with E-state index < -0.39 is 0 Å². The molecule has 3 heterocycles. The number of rotatable bonds is 3. The Labute approximate surface area is 130 Å². The van der Waals surface area contributed by atoms with Crippen LogP contribution in [-0.4, -0.2) is 70.9 Å². The Balaban J connectivity index is 1.75. The molecule has 22 heavy (non-hydrogen) atoms. The van der Waals surface area contributed by atoms with Crippen LogP contribution in [-0.2, 0) is 11.3 Å². The molecule has 0 N–H and O–H groups in total. The first-order valence-corrected chi connectivity index (χ1v) is 7.76. The molecule has 0 spiro atoms. The van der Waals surface area contributed by atoms with Crippen molar-refractivity contribution in [3.8, 4) is 0 Å². The average molecular weight is 306 g/mol. The summed E-state index contributed by atoms with van der Waals surface area (Å²) in [5.74, 6) is -0.141. The number of fused-ring (bicyclic) bond motifs is 1. The second-order valence-electron chi connectivity index (χ2n) is 6.57.